The molecule has 0 heterocycles. The largest absolute Gasteiger partial charge is 0.454 e. The molecular formula is C8H16O5. The van der Waals surface area contributed by atoms with Gasteiger partial charge in [-0.05, 0) is 13.3 Å². The van der Waals surface area contributed by atoms with Gasteiger partial charge in [0.2, 0.25) is 0 Å². The Hall–Kier alpha value is -0.650. The van der Waals surface area contributed by atoms with Crippen molar-refractivity contribution in [1.29, 1.82) is 0 Å². The fourth-order valence-corrected chi connectivity index (χ4v) is 0.656. The van der Waals surface area contributed by atoms with E-state index in [9.17, 15) is 4.79 Å². The number of carbonyl (C=O) groups is 1. The number of aliphatic hydroxyl groups is 3. The molecule has 5 heteroatoms. The van der Waals surface area contributed by atoms with Crippen molar-refractivity contribution in [2.45, 2.75) is 45.2 Å². The van der Waals surface area contributed by atoms with Crippen LogP contribution >= 0.6 is 0 Å². The SMILES string of the molecule is CCCCC(=O)OC(C)C(O)(O)O. The lowest BCUT2D eigenvalue weighted by atomic mass is 10.2. The highest BCUT2D eigenvalue weighted by Crippen LogP contribution is 2.08. The standard InChI is InChI=1S/C8H16O5/c1-3-4-5-7(9)13-6(2)8(10,11)12/h6,10-12H,3-5H2,1-2H3. The molecule has 5 nitrogen and oxygen atoms in total. The minimum atomic E-state index is -2.96. The van der Waals surface area contributed by atoms with Crippen molar-refractivity contribution in [1.82, 2.24) is 0 Å². The molecule has 0 saturated heterocycles. The Morgan fingerprint density at radius 1 is 1.46 bits per heavy atom. The lowest BCUT2D eigenvalue weighted by Crippen LogP contribution is -2.42. The molecule has 0 saturated carbocycles. The molecule has 1 atom stereocenters. The van der Waals surface area contributed by atoms with Crippen LogP contribution in [0.4, 0.5) is 0 Å². The Morgan fingerprint density at radius 3 is 2.38 bits per heavy atom. The zero-order valence-electron chi connectivity index (χ0n) is 7.86. The summed E-state index contributed by atoms with van der Waals surface area (Å²) < 4.78 is 4.53. The van der Waals surface area contributed by atoms with Crippen LogP contribution in [0, 0.1) is 0 Å². The molecule has 3 N–H and O–H groups in total. The van der Waals surface area contributed by atoms with Gasteiger partial charge in [-0.3, -0.25) is 4.79 Å². The average Bonchev–Trinajstić information content (AvgIpc) is 1.99. The van der Waals surface area contributed by atoms with Gasteiger partial charge in [0.1, 0.15) is 0 Å². The maximum Gasteiger partial charge on any atom is 0.314 e. The first-order valence-corrected chi connectivity index (χ1v) is 4.24. The topological polar surface area (TPSA) is 87.0 Å². The molecule has 1 unspecified atom stereocenters. The molecule has 0 aliphatic rings. The molecule has 0 radical (unpaired) electrons. The first-order valence-electron chi connectivity index (χ1n) is 4.24. The van der Waals surface area contributed by atoms with Gasteiger partial charge in [-0.15, -0.1) is 0 Å². The minimum absolute atomic E-state index is 0.219. The van der Waals surface area contributed by atoms with Gasteiger partial charge in [-0.25, -0.2) is 0 Å². The summed E-state index contributed by atoms with van der Waals surface area (Å²) in [6, 6.07) is 0. The normalized spacial score (nSPS) is 13.9. The van der Waals surface area contributed by atoms with Crippen LogP contribution in [0.5, 0.6) is 0 Å². The lowest BCUT2D eigenvalue weighted by Gasteiger charge is -2.21. The summed E-state index contributed by atoms with van der Waals surface area (Å²) in [5, 5.41) is 25.8. The summed E-state index contributed by atoms with van der Waals surface area (Å²) >= 11 is 0. The van der Waals surface area contributed by atoms with E-state index in [0.29, 0.717) is 6.42 Å². The Morgan fingerprint density at radius 2 is 2.00 bits per heavy atom. The van der Waals surface area contributed by atoms with Gasteiger partial charge in [0.15, 0.2) is 6.10 Å². The summed E-state index contributed by atoms with van der Waals surface area (Å²) in [6.45, 7) is 3.12. The van der Waals surface area contributed by atoms with Gasteiger partial charge < -0.3 is 20.1 Å². The molecule has 0 aliphatic heterocycles. The van der Waals surface area contributed by atoms with E-state index < -0.39 is 18.0 Å². The molecule has 0 rings (SSSR count). The van der Waals surface area contributed by atoms with Gasteiger partial charge >= 0.3 is 11.9 Å². The number of carbonyl (C=O) groups excluding carboxylic acids is 1. The highest BCUT2D eigenvalue weighted by atomic mass is 16.7. The van der Waals surface area contributed by atoms with E-state index in [0.717, 1.165) is 6.42 Å². The van der Waals surface area contributed by atoms with Crippen LogP contribution in [0.25, 0.3) is 0 Å². The number of hydrogen-bond donors (Lipinski definition) is 3. The summed E-state index contributed by atoms with van der Waals surface area (Å²) in [5.41, 5.74) is 0. The predicted octanol–water partition coefficient (Wildman–Crippen LogP) is -0.261. The number of hydrogen-bond acceptors (Lipinski definition) is 5. The van der Waals surface area contributed by atoms with Crippen molar-refractivity contribution in [3.8, 4) is 0 Å². The Bertz CT molecular complexity index is 160. The second-order valence-corrected chi connectivity index (χ2v) is 2.92. The van der Waals surface area contributed by atoms with Crippen LogP contribution in [0.1, 0.15) is 33.1 Å². The molecule has 13 heavy (non-hydrogen) atoms. The van der Waals surface area contributed by atoms with Crippen molar-refractivity contribution in [3.05, 3.63) is 0 Å². The van der Waals surface area contributed by atoms with E-state index in [4.69, 9.17) is 15.3 Å². The van der Waals surface area contributed by atoms with E-state index in [1.807, 2.05) is 6.92 Å². The summed E-state index contributed by atoms with van der Waals surface area (Å²) in [5.74, 6) is -3.50. The molecule has 0 amide bonds. The third-order valence-electron chi connectivity index (χ3n) is 1.59. The Kier molecular flexibility index (Phi) is 4.90. The van der Waals surface area contributed by atoms with Gasteiger partial charge in [-0.1, -0.05) is 13.3 Å². The van der Waals surface area contributed by atoms with Crippen molar-refractivity contribution in [3.63, 3.8) is 0 Å². The third-order valence-corrected chi connectivity index (χ3v) is 1.59. The van der Waals surface area contributed by atoms with Crippen molar-refractivity contribution >= 4 is 5.97 Å². The van der Waals surface area contributed by atoms with E-state index in [1.165, 1.54) is 6.92 Å². The molecule has 0 spiro atoms. The third kappa shape index (κ3) is 5.57. The Balaban J connectivity index is 3.79. The number of ether oxygens (including phenoxy) is 1. The number of unbranched alkanes of at least 4 members (excludes halogenated alkanes) is 1. The van der Waals surface area contributed by atoms with Crippen LogP contribution in [-0.4, -0.2) is 33.4 Å². The first-order chi connectivity index (χ1) is 5.88. The highest BCUT2D eigenvalue weighted by Gasteiger charge is 2.31. The monoisotopic (exact) mass is 192 g/mol. The van der Waals surface area contributed by atoms with Gasteiger partial charge in [-0.2, -0.15) is 0 Å². The van der Waals surface area contributed by atoms with Crippen molar-refractivity contribution in [2.75, 3.05) is 0 Å². The second-order valence-electron chi connectivity index (χ2n) is 2.92. The predicted molar refractivity (Wildman–Crippen MR) is 44.5 cm³/mol. The molecule has 0 aromatic heterocycles. The summed E-state index contributed by atoms with van der Waals surface area (Å²) in [7, 11) is 0. The van der Waals surface area contributed by atoms with E-state index in [-0.39, 0.29) is 6.42 Å². The fourth-order valence-electron chi connectivity index (χ4n) is 0.656. The maximum atomic E-state index is 10.9. The maximum absolute atomic E-state index is 10.9. The Labute approximate surface area is 77.0 Å². The van der Waals surface area contributed by atoms with Crippen molar-refractivity contribution in [2.24, 2.45) is 0 Å². The lowest BCUT2D eigenvalue weighted by molar-refractivity contribution is -0.352. The average molecular weight is 192 g/mol. The minimum Gasteiger partial charge on any atom is -0.454 e. The summed E-state index contributed by atoms with van der Waals surface area (Å²) in [6.07, 6.45) is 0.417. The zero-order chi connectivity index (χ0) is 10.5. The quantitative estimate of drug-likeness (QED) is 0.412. The smallest absolute Gasteiger partial charge is 0.314 e. The van der Waals surface area contributed by atoms with Crippen LogP contribution in [0.3, 0.4) is 0 Å². The highest BCUT2D eigenvalue weighted by molar-refractivity contribution is 5.69. The van der Waals surface area contributed by atoms with E-state index in [2.05, 4.69) is 4.74 Å². The second kappa shape index (κ2) is 5.16. The van der Waals surface area contributed by atoms with Crippen LogP contribution in [0.2, 0.25) is 0 Å². The van der Waals surface area contributed by atoms with E-state index in [1.54, 1.807) is 0 Å². The van der Waals surface area contributed by atoms with Gasteiger partial charge in [0.05, 0.1) is 0 Å². The molecule has 0 aromatic rings. The molecule has 0 aromatic carbocycles. The van der Waals surface area contributed by atoms with E-state index >= 15 is 0 Å². The van der Waals surface area contributed by atoms with Crippen LogP contribution in [0.15, 0.2) is 0 Å². The van der Waals surface area contributed by atoms with Gasteiger partial charge in [0, 0.05) is 6.42 Å². The molecule has 78 valence electrons. The molecule has 0 fully saturated rings. The zero-order valence-corrected chi connectivity index (χ0v) is 7.86. The summed E-state index contributed by atoms with van der Waals surface area (Å²) in [4.78, 5) is 10.9. The molecular weight excluding hydrogens is 176 g/mol. The molecule has 0 bridgehead atoms. The van der Waals surface area contributed by atoms with Crippen LogP contribution < -0.4 is 0 Å². The molecule has 0 aliphatic carbocycles. The number of rotatable bonds is 5. The van der Waals surface area contributed by atoms with Gasteiger partial charge in [0.25, 0.3) is 0 Å². The first kappa shape index (κ1) is 12.3. The van der Waals surface area contributed by atoms with Crippen molar-refractivity contribution < 1.29 is 24.9 Å². The fraction of sp³-hybridized carbons (Fsp3) is 0.875. The number of esters is 1. The van der Waals surface area contributed by atoms with Crippen LogP contribution in [-0.2, 0) is 9.53 Å².